The number of carboxylic acid groups (broad SMARTS) is 1. The molecule has 0 unspecified atom stereocenters. The zero-order valence-corrected chi connectivity index (χ0v) is 14.5. The summed E-state index contributed by atoms with van der Waals surface area (Å²) >= 11 is 2.02. The zero-order valence-electron chi connectivity index (χ0n) is 12.3. The molecule has 0 saturated carbocycles. The van der Waals surface area contributed by atoms with Crippen molar-refractivity contribution in [3.8, 4) is 0 Å². The second-order valence-corrected chi connectivity index (χ2v) is 5.61. The van der Waals surface area contributed by atoms with Crippen LogP contribution in [0.25, 0.3) is 0 Å². The summed E-state index contributed by atoms with van der Waals surface area (Å²) in [6.07, 6.45) is 5.65. The predicted molar refractivity (Wildman–Crippen MR) is 89.5 cm³/mol. The van der Waals surface area contributed by atoms with Crippen LogP contribution in [0.3, 0.4) is 0 Å². The Morgan fingerprint density at radius 2 is 1.29 bits per heavy atom. The van der Waals surface area contributed by atoms with Gasteiger partial charge < -0.3 is 15.7 Å². The van der Waals surface area contributed by atoms with Gasteiger partial charge in [0.15, 0.2) is 0 Å². The highest BCUT2D eigenvalue weighted by molar-refractivity contribution is 14.1. The highest BCUT2D eigenvalue weighted by Gasteiger charge is 2.02. The molecular formula is C14H25IN2O4. The Hall–Kier alpha value is -0.860. The standard InChI is InChI=1S/C14H25IN2O4/c15-11-13(19)17-10-5-1-3-7-12(18)16-9-6-2-4-8-14(20)21/h1-11H2,(H,16,18)(H,17,19)(H,20,21). The maximum Gasteiger partial charge on any atom is 0.303 e. The van der Waals surface area contributed by atoms with Crippen molar-refractivity contribution in [3.05, 3.63) is 0 Å². The van der Waals surface area contributed by atoms with Gasteiger partial charge in [-0.05, 0) is 25.7 Å². The summed E-state index contributed by atoms with van der Waals surface area (Å²) < 4.78 is 0.479. The van der Waals surface area contributed by atoms with Crippen LogP contribution in [0.15, 0.2) is 0 Å². The van der Waals surface area contributed by atoms with Crippen molar-refractivity contribution in [2.45, 2.75) is 51.4 Å². The zero-order chi connectivity index (χ0) is 15.9. The fourth-order valence-corrected chi connectivity index (χ4v) is 2.03. The monoisotopic (exact) mass is 412 g/mol. The average molecular weight is 412 g/mol. The van der Waals surface area contributed by atoms with Crippen molar-refractivity contribution in [3.63, 3.8) is 0 Å². The first-order valence-corrected chi connectivity index (χ1v) is 8.90. The molecule has 0 aromatic heterocycles. The van der Waals surface area contributed by atoms with Gasteiger partial charge in [0.25, 0.3) is 0 Å². The molecule has 0 atom stereocenters. The number of rotatable bonds is 13. The average Bonchev–Trinajstić information content (AvgIpc) is 2.45. The molecule has 7 heteroatoms. The third-order valence-electron chi connectivity index (χ3n) is 2.91. The summed E-state index contributed by atoms with van der Waals surface area (Å²) in [6, 6.07) is 0. The second kappa shape index (κ2) is 14.1. The summed E-state index contributed by atoms with van der Waals surface area (Å²) in [5.41, 5.74) is 0. The van der Waals surface area contributed by atoms with Crippen LogP contribution in [0.5, 0.6) is 0 Å². The topological polar surface area (TPSA) is 95.5 Å². The highest BCUT2D eigenvalue weighted by Crippen LogP contribution is 2.01. The van der Waals surface area contributed by atoms with E-state index in [9.17, 15) is 14.4 Å². The molecule has 0 bridgehead atoms. The summed E-state index contributed by atoms with van der Waals surface area (Å²) in [5, 5.41) is 14.1. The van der Waals surface area contributed by atoms with Crippen LogP contribution in [0.1, 0.15) is 51.4 Å². The molecule has 3 N–H and O–H groups in total. The molecule has 0 aliphatic rings. The first-order valence-electron chi connectivity index (χ1n) is 7.37. The van der Waals surface area contributed by atoms with E-state index in [4.69, 9.17) is 5.11 Å². The van der Waals surface area contributed by atoms with Crippen molar-refractivity contribution in [1.82, 2.24) is 10.6 Å². The molecular weight excluding hydrogens is 387 g/mol. The number of hydrogen-bond acceptors (Lipinski definition) is 3. The summed E-state index contributed by atoms with van der Waals surface area (Å²) in [5.74, 6) is -0.672. The summed E-state index contributed by atoms with van der Waals surface area (Å²) in [7, 11) is 0. The maximum atomic E-state index is 11.5. The molecule has 0 heterocycles. The minimum Gasteiger partial charge on any atom is -0.481 e. The van der Waals surface area contributed by atoms with Crippen LogP contribution in [0.4, 0.5) is 0 Å². The van der Waals surface area contributed by atoms with Gasteiger partial charge >= 0.3 is 5.97 Å². The van der Waals surface area contributed by atoms with Crippen molar-refractivity contribution in [1.29, 1.82) is 0 Å². The fourth-order valence-electron chi connectivity index (χ4n) is 1.76. The third-order valence-corrected chi connectivity index (χ3v) is 3.61. The predicted octanol–water partition coefficient (Wildman–Crippen LogP) is 1.86. The number of aliphatic carboxylic acids is 1. The Morgan fingerprint density at radius 3 is 1.81 bits per heavy atom. The molecule has 0 aromatic carbocycles. The molecule has 0 aliphatic carbocycles. The molecule has 122 valence electrons. The van der Waals surface area contributed by atoms with Crippen molar-refractivity contribution < 1.29 is 19.5 Å². The lowest BCUT2D eigenvalue weighted by molar-refractivity contribution is -0.137. The first kappa shape index (κ1) is 20.1. The van der Waals surface area contributed by atoms with Crippen LogP contribution < -0.4 is 10.6 Å². The van der Waals surface area contributed by atoms with E-state index in [2.05, 4.69) is 10.6 Å². The van der Waals surface area contributed by atoms with E-state index in [0.717, 1.165) is 32.1 Å². The Balaban J connectivity index is 3.27. The molecule has 0 aromatic rings. The summed E-state index contributed by atoms with van der Waals surface area (Å²) in [4.78, 5) is 32.8. The Labute approximate surface area is 139 Å². The van der Waals surface area contributed by atoms with Gasteiger partial charge in [-0.2, -0.15) is 0 Å². The number of unbranched alkanes of at least 4 members (excludes halogenated alkanes) is 4. The van der Waals surface area contributed by atoms with Crippen LogP contribution >= 0.6 is 22.6 Å². The number of nitrogens with one attached hydrogen (secondary N) is 2. The van der Waals surface area contributed by atoms with Crippen LogP contribution in [0.2, 0.25) is 0 Å². The van der Waals surface area contributed by atoms with E-state index >= 15 is 0 Å². The molecule has 21 heavy (non-hydrogen) atoms. The van der Waals surface area contributed by atoms with E-state index in [1.165, 1.54) is 0 Å². The third kappa shape index (κ3) is 15.3. The smallest absolute Gasteiger partial charge is 0.303 e. The van der Waals surface area contributed by atoms with Crippen LogP contribution in [-0.4, -0.2) is 40.4 Å². The Morgan fingerprint density at radius 1 is 0.762 bits per heavy atom. The van der Waals surface area contributed by atoms with E-state index in [-0.39, 0.29) is 18.2 Å². The van der Waals surface area contributed by atoms with Gasteiger partial charge in [-0.3, -0.25) is 14.4 Å². The lowest BCUT2D eigenvalue weighted by atomic mass is 10.1. The number of carbonyl (C=O) groups excluding carboxylic acids is 2. The molecule has 0 aliphatic heterocycles. The quantitative estimate of drug-likeness (QED) is 0.245. The minimum atomic E-state index is -0.770. The fraction of sp³-hybridized carbons (Fsp3) is 0.786. The normalized spacial score (nSPS) is 10.1. The lowest BCUT2D eigenvalue weighted by Gasteiger charge is -2.05. The summed E-state index contributed by atoms with van der Waals surface area (Å²) in [6.45, 7) is 1.29. The maximum absolute atomic E-state index is 11.5. The van der Waals surface area contributed by atoms with E-state index in [0.29, 0.717) is 30.4 Å². The van der Waals surface area contributed by atoms with Gasteiger partial charge in [0, 0.05) is 25.9 Å². The first-order chi connectivity index (χ1) is 10.1. The largest absolute Gasteiger partial charge is 0.481 e. The molecule has 0 spiro atoms. The second-order valence-electron chi connectivity index (χ2n) is 4.85. The number of halogens is 1. The van der Waals surface area contributed by atoms with Crippen molar-refractivity contribution in [2.75, 3.05) is 17.5 Å². The molecule has 0 rings (SSSR count). The van der Waals surface area contributed by atoms with Crippen molar-refractivity contribution >= 4 is 40.4 Å². The van der Waals surface area contributed by atoms with Crippen LogP contribution in [-0.2, 0) is 14.4 Å². The Bertz CT molecular complexity index is 324. The number of alkyl halides is 1. The van der Waals surface area contributed by atoms with E-state index < -0.39 is 5.97 Å². The van der Waals surface area contributed by atoms with Gasteiger partial charge in [0.05, 0.1) is 4.43 Å². The molecule has 0 fully saturated rings. The molecule has 2 amide bonds. The SMILES string of the molecule is O=C(O)CCCCCNC(=O)CCCCCNC(=O)CI. The number of carboxylic acids is 1. The van der Waals surface area contributed by atoms with Gasteiger partial charge in [-0.25, -0.2) is 0 Å². The van der Waals surface area contributed by atoms with Gasteiger partial charge in [-0.15, -0.1) is 0 Å². The molecule has 0 radical (unpaired) electrons. The Kier molecular flexibility index (Phi) is 13.5. The van der Waals surface area contributed by atoms with E-state index in [1.54, 1.807) is 0 Å². The van der Waals surface area contributed by atoms with Crippen molar-refractivity contribution in [2.24, 2.45) is 0 Å². The molecule has 0 saturated heterocycles. The van der Waals surface area contributed by atoms with Gasteiger partial charge in [0.1, 0.15) is 0 Å². The minimum absolute atomic E-state index is 0.0459. The molecule has 6 nitrogen and oxygen atoms in total. The van der Waals surface area contributed by atoms with Crippen LogP contribution in [0, 0.1) is 0 Å². The van der Waals surface area contributed by atoms with Gasteiger partial charge in [0.2, 0.25) is 11.8 Å². The van der Waals surface area contributed by atoms with Gasteiger partial charge in [-0.1, -0.05) is 35.4 Å². The number of hydrogen-bond donors (Lipinski definition) is 3. The highest BCUT2D eigenvalue weighted by atomic mass is 127. The lowest BCUT2D eigenvalue weighted by Crippen LogP contribution is -2.25. The number of carbonyl (C=O) groups is 3. The number of amides is 2. The van der Waals surface area contributed by atoms with E-state index in [1.807, 2.05) is 22.6 Å².